The van der Waals surface area contributed by atoms with E-state index in [9.17, 15) is 18.0 Å². The van der Waals surface area contributed by atoms with Gasteiger partial charge in [-0.15, -0.1) is 10.2 Å². The molecule has 2 aromatic carbocycles. The highest BCUT2D eigenvalue weighted by atomic mass is 32.2. The number of halogens is 3. The SMILES string of the molecule is O=C(CO)c1cc(F)c(Sc2nnc(-c3ccc(F)cc3)n2CCN2CCOCC2)c(F)c1. The van der Waals surface area contributed by atoms with Gasteiger partial charge in [-0.25, -0.2) is 13.2 Å². The fraction of sp³-hybridized carbons (Fsp3) is 0.318. The molecule has 2 heterocycles. The number of ketones is 1. The molecule has 0 spiro atoms. The van der Waals surface area contributed by atoms with E-state index in [2.05, 4.69) is 15.1 Å². The first kappa shape index (κ1) is 23.4. The van der Waals surface area contributed by atoms with Crippen molar-refractivity contribution in [2.24, 2.45) is 0 Å². The van der Waals surface area contributed by atoms with Crippen molar-refractivity contribution in [3.63, 3.8) is 0 Å². The van der Waals surface area contributed by atoms with Crippen molar-refractivity contribution in [3.05, 3.63) is 59.4 Å². The summed E-state index contributed by atoms with van der Waals surface area (Å²) in [5, 5.41) is 17.5. The predicted molar refractivity (Wildman–Crippen MR) is 115 cm³/mol. The van der Waals surface area contributed by atoms with Crippen molar-refractivity contribution in [2.75, 3.05) is 39.5 Å². The molecule has 1 aliphatic heterocycles. The fourth-order valence-electron chi connectivity index (χ4n) is 3.45. The molecule has 4 rings (SSSR count). The number of benzene rings is 2. The molecule has 0 unspecified atom stereocenters. The van der Waals surface area contributed by atoms with Crippen molar-refractivity contribution < 1.29 is 27.8 Å². The Hall–Kier alpha value is -2.73. The van der Waals surface area contributed by atoms with Gasteiger partial charge in [-0.1, -0.05) is 0 Å². The van der Waals surface area contributed by atoms with Gasteiger partial charge in [0.05, 0.1) is 18.1 Å². The third-order valence-corrected chi connectivity index (χ3v) is 6.30. The number of hydrogen-bond donors (Lipinski definition) is 1. The average Bonchev–Trinajstić information content (AvgIpc) is 3.22. The van der Waals surface area contributed by atoms with Gasteiger partial charge in [0.15, 0.2) is 16.8 Å². The van der Waals surface area contributed by atoms with Crippen molar-refractivity contribution in [1.29, 1.82) is 0 Å². The zero-order chi connectivity index (χ0) is 23.4. The molecule has 1 fully saturated rings. The molecular weight excluding hydrogens is 457 g/mol. The Morgan fingerprint density at radius 3 is 2.33 bits per heavy atom. The number of hydrogen-bond acceptors (Lipinski definition) is 7. The van der Waals surface area contributed by atoms with E-state index in [1.165, 1.54) is 12.1 Å². The van der Waals surface area contributed by atoms with Gasteiger partial charge in [0.1, 0.15) is 24.1 Å². The quantitative estimate of drug-likeness (QED) is 0.499. The minimum atomic E-state index is -0.942. The van der Waals surface area contributed by atoms with Crippen LogP contribution in [0.4, 0.5) is 13.2 Å². The maximum atomic E-state index is 14.7. The van der Waals surface area contributed by atoms with E-state index in [0.29, 0.717) is 37.7 Å². The van der Waals surface area contributed by atoms with Crippen LogP contribution in [0.1, 0.15) is 10.4 Å². The van der Waals surface area contributed by atoms with Gasteiger partial charge in [0.25, 0.3) is 0 Å². The molecular formula is C22H21F3N4O3S. The lowest BCUT2D eigenvalue weighted by Gasteiger charge is -2.27. The zero-order valence-corrected chi connectivity index (χ0v) is 18.3. The van der Waals surface area contributed by atoms with Crippen LogP contribution in [0.5, 0.6) is 0 Å². The Balaban J connectivity index is 1.66. The van der Waals surface area contributed by atoms with Gasteiger partial charge in [0, 0.05) is 37.3 Å². The summed E-state index contributed by atoms with van der Waals surface area (Å²) in [6.45, 7) is 3.01. The molecule has 7 nitrogen and oxygen atoms in total. The van der Waals surface area contributed by atoms with Crippen LogP contribution < -0.4 is 0 Å². The van der Waals surface area contributed by atoms with Gasteiger partial charge < -0.3 is 14.4 Å². The molecule has 1 aromatic heterocycles. The monoisotopic (exact) mass is 478 g/mol. The Bertz CT molecular complexity index is 1110. The van der Waals surface area contributed by atoms with Crippen LogP contribution in [0.2, 0.25) is 0 Å². The summed E-state index contributed by atoms with van der Waals surface area (Å²) in [6, 6.07) is 7.52. The molecule has 3 aromatic rings. The Labute approximate surface area is 192 Å². The minimum absolute atomic E-state index is 0.251. The van der Waals surface area contributed by atoms with E-state index in [1.807, 2.05) is 0 Å². The number of Topliss-reactive ketones (excluding diaryl/α,β-unsaturated/α-hetero) is 1. The molecule has 0 radical (unpaired) electrons. The van der Waals surface area contributed by atoms with E-state index in [1.54, 1.807) is 16.7 Å². The Morgan fingerprint density at radius 1 is 1.03 bits per heavy atom. The maximum absolute atomic E-state index is 14.7. The normalized spacial score (nSPS) is 14.5. The summed E-state index contributed by atoms with van der Waals surface area (Å²) in [7, 11) is 0. The number of carbonyl (C=O) groups is 1. The van der Waals surface area contributed by atoms with Crippen LogP contribution in [0.25, 0.3) is 11.4 Å². The smallest absolute Gasteiger partial charge is 0.196 e. The van der Waals surface area contributed by atoms with E-state index < -0.39 is 29.8 Å². The first-order chi connectivity index (χ1) is 16.0. The standard InChI is InChI=1S/C22H21F3N4O3S/c23-16-3-1-14(2-4-16)21-26-27-22(29(21)6-5-28-7-9-32-10-8-28)33-20-17(24)11-15(12-18(20)25)19(31)13-30/h1-4,11-12,30H,5-10,13H2. The summed E-state index contributed by atoms with van der Waals surface area (Å²) in [6.07, 6.45) is 0. The molecule has 0 saturated carbocycles. The maximum Gasteiger partial charge on any atom is 0.196 e. The number of rotatable bonds is 8. The predicted octanol–water partition coefficient (Wildman–Crippen LogP) is 3.02. The second kappa shape index (κ2) is 10.5. The van der Waals surface area contributed by atoms with Crippen LogP contribution in [0, 0.1) is 17.5 Å². The lowest BCUT2D eigenvalue weighted by atomic mass is 10.1. The van der Waals surface area contributed by atoms with E-state index >= 15 is 0 Å². The number of carbonyl (C=O) groups excluding carboxylic acids is 1. The molecule has 1 saturated heterocycles. The third kappa shape index (κ3) is 5.44. The third-order valence-electron chi connectivity index (χ3n) is 5.22. The van der Waals surface area contributed by atoms with Crippen LogP contribution in [-0.4, -0.2) is 70.0 Å². The number of aromatic nitrogens is 3. The highest BCUT2D eigenvalue weighted by Gasteiger charge is 2.22. The molecule has 0 bridgehead atoms. The topological polar surface area (TPSA) is 80.5 Å². The largest absolute Gasteiger partial charge is 0.388 e. The molecule has 33 heavy (non-hydrogen) atoms. The molecule has 0 aliphatic carbocycles. The molecule has 1 N–H and O–H groups in total. The highest BCUT2D eigenvalue weighted by molar-refractivity contribution is 7.99. The van der Waals surface area contributed by atoms with Crippen molar-refractivity contribution >= 4 is 17.5 Å². The first-order valence-electron chi connectivity index (χ1n) is 10.3. The van der Waals surface area contributed by atoms with E-state index in [-0.39, 0.29) is 15.6 Å². The van der Waals surface area contributed by atoms with Crippen LogP contribution in [0.3, 0.4) is 0 Å². The molecule has 0 amide bonds. The van der Waals surface area contributed by atoms with Gasteiger partial charge >= 0.3 is 0 Å². The molecule has 11 heteroatoms. The fourth-order valence-corrected chi connectivity index (χ4v) is 4.31. The molecule has 0 atom stereocenters. The number of nitrogens with zero attached hydrogens (tertiary/aromatic N) is 4. The van der Waals surface area contributed by atoms with Crippen molar-refractivity contribution in [3.8, 4) is 11.4 Å². The van der Waals surface area contributed by atoms with Gasteiger partial charge in [-0.3, -0.25) is 9.69 Å². The van der Waals surface area contributed by atoms with E-state index in [4.69, 9.17) is 9.84 Å². The number of ether oxygens (including phenoxy) is 1. The molecule has 1 aliphatic rings. The van der Waals surface area contributed by atoms with Crippen LogP contribution in [-0.2, 0) is 11.3 Å². The average molecular weight is 478 g/mol. The summed E-state index contributed by atoms with van der Waals surface area (Å²) in [4.78, 5) is 13.5. The van der Waals surface area contributed by atoms with Crippen molar-refractivity contribution in [2.45, 2.75) is 16.6 Å². The number of aliphatic hydroxyl groups excluding tert-OH is 1. The Kier molecular flexibility index (Phi) is 7.43. The van der Waals surface area contributed by atoms with Crippen LogP contribution in [0.15, 0.2) is 46.5 Å². The van der Waals surface area contributed by atoms with Crippen LogP contribution >= 0.6 is 11.8 Å². The second-order valence-electron chi connectivity index (χ2n) is 7.37. The Morgan fingerprint density at radius 2 is 1.70 bits per heavy atom. The zero-order valence-electron chi connectivity index (χ0n) is 17.5. The van der Waals surface area contributed by atoms with Gasteiger partial charge in [-0.2, -0.15) is 0 Å². The summed E-state index contributed by atoms with van der Waals surface area (Å²) >= 11 is 0.749. The van der Waals surface area contributed by atoms with Gasteiger partial charge in [-0.05, 0) is 48.2 Å². The summed E-state index contributed by atoms with van der Waals surface area (Å²) in [5.41, 5.74) is 0.361. The number of aliphatic hydroxyl groups is 1. The van der Waals surface area contributed by atoms with Crippen molar-refractivity contribution in [1.82, 2.24) is 19.7 Å². The summed E-state index contributed by atoms with van der Waals surface area (Å²) < 4.78 is 49.8. The summed E-state index contributed by atoms with van der Waals surface area (Å²) in [5.74, 6) is -2.62. The highest BCUT2D eigenvalue weighted by Crippen LogP contribution is 2.34. The lowest BCUT2D eigenvalue weighted by molar-refractivity contribution is 0.0361. The van der Waals surface area contributed by atoms with Gasteiger partial charge in [0.2, 0.25) is 0 Å². The minimum Gasteiger partial charge on any atom is -0.388 e. The molecule has 174 valence electrons. The second-order valence-corrected chi connectivity index (χ2v) is 8.35. The lowest BCUT2D eigenvalue weighted by Crippen LogP contribution is -2.38. The van der Waals surface area contributed by atoms with E-state index in [0.717, 1.165) is 37.0 Å². The first-order valence-corrected chi connectivity index (χ1v) is 11.1. The number of morpholine rings is 1.